The van der Waals surface area contributed by atoms with Crippen LogP contribution in [0.4, 0.5) is 5.69 Å². The number of hydrogen-bond acceptors (Lipinski definition) is 1. The quantitative estimate of drug-likeness (QED) is 0.757. The van der Waals surface area contributed by atoms with E-state index in [0.717, 1.165) is 12.1 Å². The number of rotatable bonds is 4. The molecule has 1 aromatic rings. The third-order valence-electron chi connectivity index (χ3n) is 2.42. The molecule has 0 unspecified atom stereocenters. The zero-order valence-electron chi connectivity index (χ0n) is 9.05. The van der Waals surface area contributed by atoms with Crippen molar-refractivity contribution in [3.63, 3.8) is 0 Å². The molecular formula is C12H17NS. The lowest BCUT2D eigenvalue weighted by Gasteiger charge is -2.10. The Morgan fingerprint density at radius 1 is 1.29 bits per heavy atom. The van der Waals surface area contributed by atoms with Gasteiger partial charge in [0.1, 0.15) is 0 Å². The molecule has 0 aliphatic carbocycles. The molecule has 1 rings (SSSR count). The molecule has 1 nitrogen and oxygen atoms in total. The summed E-state index contributed by atoms with van der Waals surface area (Å²) in [5.41, 5.74) is 6.73. The van der Waals surface area contributed by atoms with Gasteiger partial charge in [-0.15, -0.1) is 0 Å². The summed E-state index contributed by atoms with van der Waals surface area (Å²) in [4.78, 5) is 0. The van der Waals surface area contributed by atoms with Gasteiger partial charge in [0.2, 0.25) is 0 Å². The number of benzene rings is 1. The molecule has 1 aromatic carbocycles. The van der Waals surface area contributed by atoms with Gasteiger partial charge in [-0.3, -0.25) is 0 Å². The third-order valence-corrected chi connectivity index (χ3v) is 2.53. The normalized spacial score (nSPS) is 9.93. The highest BCUT2D eigenvalue weighted by Crippen LogP contribution is 2.21. The van der Waals surface area contributed by atoms with Crippen molar-refractivity contribution in [1.82, 2.24) is 0 Å². The maximum Gasteiger partial charge on any atom is 0.0659 e. The van der Waals surface area contributed by atoms with E-state index >= 15 is 0 Å². The lowest BCUT2D eigenvalue weighted by molar-refractivity contribution is 0.911. The van der Waals surface area contributed by atoms with E-state index in [1.165, 1.54) is 23.1 Å². The average Bonchev–Trinajstić information content (AvgIpc) is 2.14. The highest BCUT2D eigenvalue weighted by molar-refractivity contribution is 7.79. The molecule has 0 saturated heterocycles. The Morgan fingerprint density at radius 2 is 2.00 bits per heavy atom. The van der Waals surface area contributed by atoms with E-state index in [1.54, 1.807) is 5.49 Å². The van der Waals surface area contributed by atoms with Crippen LogP contribution in [0.25, 0.3) is 0 Å². The number of nitrogens with one attached hydrogen (secondary N) is 1. The summed E-state index contributed by atoms with van der Waals surface area (Å²) in [7, 11) is 0. The molecule has 0 aliphatic rings. The standard InChI is InChI=1S/C12H17NS/c1-4-5-11-6-10(3)12(13-8-14)7-9(11)2/h6-8H,4-5H2,1-3H3,(H,13,14). The van der Waals surface area contributed by atoms with Crippen molar-refractivity contribution in [3.05, 3.63) is 28.8 Å². The maximum absolute atomic E-state index is 4.78. The first-order valence-electron chi connectivity index (χ1n) is 4.99. The van der Waals surface area contributed by atoms with Crippen molar-refractivity contribution < 1.29 is 0 Å². The van der Waals surface area contributed by atoms with E-state index in [-0.39, 0.29) is 0 Å². The smallest absolute Gasteiger partial charge is 0.0659 e. The molecule has 0 aliphatic heterocycles. The number of anilines is 1. The van der Waals surface area contributed by atoms with Crippen LogP contribution < -0.4 is 5.32 Å². The predicted octanol–water partition coefficient (Wildman–Crippen LogP) is 3.63. The first-order valence-corrected chi connectivity index (χ1v) is 5.46. The van der Waals surface area contributed by atoms with Gasteiger partial charge < -0.3 is 5.32 Å². The summed E-state index contributed by atoms with van der Waals surface area (Å²) in [5.74, 6) is 0. The Balaban J connectivity index is 3.03. The molecule has 0 fully saturated rings. The summed E-state index contributed by atoms with van der Waals surface area (Å²) in [6.07, 6.45) is 2.35. The topological polar surface area (TPSA) is 12.0 Å². The second kappa shape index (κ2) is 5.11. The fourth-order valence-electron chi connectivity index (χ4n) is 1.63. The van der Waals surface area contributed by atoms with Crippen LogP contribution >= 0.6 is 12.2 Å². The fraction of sp³-hybridized carbons (Fsp3) is 0.417. The minimum absolute atomic E-state index is 1.12. The van der Waals surface area contributed by atoms with Crippen molar-refractivity contribution in [3.8, 4) is 0 Å². The van der Waals surface area contributed by atoms with Gasteiger partial charge in [0, 0.05) is 5.69 Å². The Kier molecular flexibility index (Phi) is 4.08. The van der Waals surface area contributed by atoms with Crippen LogP contribution in [0.15, 0.2) is 12.1 Å². The summed E-state index contributed by atoms with van der Waals surface area (Å²) in [5, 5.41) is 3.08. The van der Waals surface area contributed by atoms with Crippen molar-refractivity contribution in [2.24, 2.45) is 0 Å². The molecule has 76 valence electrons. The second-order valence-corrected chi connectivity index (χ2v) is 3.84. The molecule has 2 heteroatoms. The van der Waals surface area contributed by atoms with Crippen LogP contribution in [-0.2, 0) is 6.42 Å². The maximum atomic E-state index is 4.78. The number of hydrogen-bond donors (Lipinski definition) is 1. The molecule has 0 heterocycles. The third kappa shape index (κ3) is 2.55. The number of aryl methyl sites for hydroxylation is 3. The van der Waals surface area contributed by atoms with Crippen LogP contribution in [-0.4, -0.2) is 5.49 Å². The van der Waals surface area contributed by atoms with Crippen molar-refractivity contribution in [2.45, 2.75) is 33.6 Å². The van der Waals surface area contributed by atoms with E-state index in [4.69, 9.17) is 12.2 Å². The van der Waals surface area contributed by atoms with E-state index in [0.29, 0.717) is 0 Å². The lowest BCUT2D eigenvalue weighted by Crippen LogP contribution is -1.98. The first kappa shape index (κ1) is 11.2. The summed E-state index contributed by atoms with van der Waals surface area (Å²) >= 11 is 4.78. The van der Waals surface area contributed by atoms with Gasteiger partial charge in [0.05, 0.1) is 5.49 Å². The molecule has 0 aromatic heterocycles. The Bertz CT molecular complexity index is 331. The predicted molar refractivity (Wildman–Crippen MR) is 67.2 cm³/mol. The highest BCUT2D eigenvalue weighted by atomic mass is 32.1. The van der Waals surface area contributed by atoms with Gasteiger partial charge in [0.25, 0.3) is 0 Å². The lowest BCUT2D eigenvalue weighted by atomic mass is 10.0. The summed E-state index contributed by atoms with van der Waals surface area (Å²) in [6, 6.07) is 4.42. The van der Waals surface area contributed by atoms with Gasteiger partial charge in [-0.2, -0.15) is 0 Å². The largest absolute Gasteiger partial charge is 0.352 e. The van der Waals surface area contributed by atoms with Crippen LogP contribution in [0.2, 0.25) is 0 Å². The fourth-order valence-corrected chi connectivity index (χ4v) is 1.76. The van der Waals surface area contributed by atoms with Crippen LogP contribution in [0, 0.1) is 13.8 Å². The molecule has 14 heavy (non-hydrogen) atoms. The Hall–Kier alpha value is -0.890. The van der Waals surface area contributed by atoms with Gasteiger partial charge in [-0.05, 0) is 43.0 Å². The highest BCUT2D eigenvalue weighted by Gasteiger charge is 2.02. The molecule has 0 spiro atoms. The molecule has 0 radical (unpaired) electrons. The molecule has 0 amide bonds. The molecular weight excluding hydrogens is 190 g/mol. The monoisotopic (exact) mass is 207 g/mol. The van der Waals surface area contributed by atoms with E-state index in [2.05, 4.69) is 38.2 Å². The summed E-state index contributed by atoms with van der Waals surface area (Å²) < 4.78 is 0. The van der Waals surface area contributed by atoms with Crippen molar-refractivity contribution in [1.29, 1.82) is 0 Å². The average molecular weight is 207 g/mol. The van der Waals surface area contributed by atoms with Crippen molar-refractivity contribution in [2.75, 3.05) is 5.32 Å². The van der Waals surface area contributed by atoms with Gasteiger partial charge in [-0.25, -0.2) is 0 Å². The zero-order valence-corrected chi connectivity index (χ0v) is 9.87. The molecule has 1 N–H and O–H groups in total. The minimum Gasteiger partial charge on any atom is -0.352 e. The molecule has 0 saturated carbocycles. The van der Waals surface area contributed by atoms with Crippen LogP contribution in [0.3, 0.4) is 0 Å². The van der Waals surface area contributed by atoms with Gasteiger partial charge >= 0.3 is 0 Å². The van der Waals surface area contributed by atoms with Gasteiger partial charge in [0.15, 0.2) is 0 Å². The molecule has 0 bridgehead atoms. The van der Waals surface area contributed by atoms with E-state index in [9.17, 15) is 0 Å². The van der Waals surface area contributed by atoms with Gasteiger partial charge in [-0.1, -0.05) is 31.6 Å². The zero-order chi connectivity index (χ0) is 10.6. The van der Waals surface area contributed by atoms with Crippen LogP contribution in [0.1, 0.15) is 30.0 Å². The van der Waals surface area contributed by atoms with E-state index in [1.807, 2.05) is 0 Å². The second-order valence-electron chi connectivity index (χ2n) is 3.61. The summed E-state index contributed by atoms with van der Waals surface area (Å²) in [6.45, 7) is 6.47. The van der Waals surface area contributed by atoms with Crippen LogP contribution in [0.5, 0.6) is 0 Å². The minimum atomic E-state index is 1.12. The first-order chi connectivity index (χ1) is 6.69. The molecule has 0 atom stereocenters. The van der Waals surface area contributed by atoms with E-state index < -0.39 is 0 Å². The SMILES string of the molecule is CCCc1cc(C)c(NC=S)cc1C. The Morgan fingerprint density at radius 3 is 2.57 bits per heavy atom. The number of thiocarbonyl (C=S) groups is 1. The van der Waals surface area contributed by atoms with Crippen molar-refractivity contribution >= 4 is 23.4 Å². The Labute approximate surface area is 91.5 Å².